The van der Waals surface area contributed by atoms with Crippen LogP contribution in [0.1, 0.15) is 20.8 Å². The highest BCUT2D eigenvalue weighted by Crippen LogP contribution is 2.25. The molecule has 98 valence electrons. The Morgan fingerprint density at radius 2 is 1.94 bits per heavy atom. The molecular formula is C13H16Cl2N2O. The summed E-state index contributed by atoms with van der Waals surface area (Å²) in [5.41, 5.74) is 0.535. The number of benzene rings is 1. The van der Waals surface area contributed by atoms with Crippen LogP contribution in [0.3, 0.4) is 0 Å². The molecule has 1 aromatic carbocycles. The van der Waals surface area contributed by atoms with Gasteiger partial charge in [-0.1, -0.05) is 50.0 Å². The Bertz CT molecular complexity index is 465. The summed E-state index contributed by atoms with van der Waals surface area (Å²) in [6.45, 7) is 6.12. The van der Waals surface area contributed by atoms with Crippen LogP contribution in [0.5, 0.6) is 0 Å². The van der Waals surface area contributed by atoms with Gasteiger partial charge in [-0.05, 0) is 23.6 Å². The highest BCUT2D eigenvalue weighted by atomic mass is 35.5. The summed E-state index contributed by atoms with van der Waals surface area (Å²) in [6, 6.07) is 4.54. The molecule has 5 heteroatoms. The van der Waals surface area contributed by atoms with Crippen LogP contribution in [0.25, 0.3) is 0 Å². The van der Waals surface area contributed by atoms with E-state index in [0.717, 1.165) is 0 Å². The second kappa shape index (κ2) is 6.12. The van der Waals surface area contributed by atoms with Gasteiger partial charge in [0, 0.05) is 11.2 Å². The second-order valence-corrected chi connectivity index (χ2v) is 5.77. The molecule has 3 nitrogen and oxygen atoms in total. The maximum absolute atomic E-state index is 11.6. The van der Waals surface area contributed by atoms with Gasteiger partial charge in [0.15, 0.2) is 0 Å². The standard InChI is InChI=1S/C13H16Cl2N2O/c1-13(2,3)6-7-16-12(18)17-11-5-4-9(14)8-10(11)15/h4-8H,1-3H3,(H2,16,17,18)/b7-6+. The first kappa shape index (κ1) is 14.9. The molecule has 0 radical (unpaired) electrons. The van der Waals surface area contributed by atoms with Crippen molar-refractivity contribution in [2.45, 2.75) is 20.8 Å². The first-order valence-electron chi connectivity index (χ1n) is 5.48. The summed E-state index contributed by atoms with van der Waals surface area (Å²) in [5.74, 6) is 0. The number of rotatable bonds is 2. The van der Waals surface area contributed by atoms with E-state index >= 15 is 0 Å². The maximum Gasteiger partial charge on any atom is 0.323 e. The second-order valence-electron chi connectivity index (χ2n) is 4.92. The fraction of sp³-hybridized carbons (Fsp3) is 0.308. The third-order valence-electron chi connectivity index (χ3n) is 1.98. The number of urea groups is 1. The number of hydrogen-bond acceptors (Lipinski definition) is 1. The summed E-state index contributed by atoms with van der Waals surface area (Å²) >= 11 is 11.7. The molecule has 0 heterocycles. The summed E-state index contributed by atoms with van der Waals surface area (Å²) in [5, 5.41) is 6.17. The smallest absolute Gasteiger partial charge is 0.315 e. The summed E-state index contributed by atoms with van der Waals surface area (Å²) in [4.78, 5) is 11.6. The zero-order chi connectivity index (χ0) is 13.8. The highest BCUT2D eigenvalue weighted by molar-refractivity contribution is 6.36. The summed E-state index contributed by atoms with van der Waals surface area (Å²) in [6.07, 6.45) is 3.51. The van der Waals surface area contributed by atoms with Gasteiger partial charge in [0.25, 0.3) is 0 Å². The molecule has 0 aromatic heterocycles. The molecule has 0 atom stereocenters. The Kier molecular flexibility index (Phi) is 5.05. The van der Waals surface area contributed by atoms with Gasteiger partial charge in [0.2, 0.25) is 0 Å². The first-order valence-corrected chi connectivity index (χ1v) is 6.24. The molecule has 0 saturated heterocycles. The lowest BCUT2D eigenvalue weighted by molar-refractivity contribution is 0.255. The third kappa shape index (κ3) is 5.43. The van der Waals surface area contributed by atoms with Gasteiger partial charge in [-0.25, -0.2) is 4.79 Å². The van der Waals surface area contributed by atoms with Gasteiger partial charge >= 0.3 is 6.03 Å². The number of anilines is 1. The average molecular weight is 287 g/mol. The highest BCUT2D eigenvalue weighted by Gasteiger charge is 2.06. The minimum Gasteiger partial charge on any atom is -0.315 e. The fourth-order valence-corrected chi connectivity index (χ4v) is 1.57. The first-order chi connectivity index (χ1) is 8.28. The van der Waals surface area contributed by atoms with Crippen LogP contribution in [0.15, 0.2) is 30.5 Å². The van der Waals surface area contributed by atoms with E-state index in [2.05, 4.69) is 10.6 Å². The topological polar surface area (TPSA) is 41.1 Å². The zero-order valence-electron chi connectivity index (χ0n) is 10.6. The largest absolute Gasteiger partial charge is 0.323 e. The molecule has 0 saturated carbocycles. The van der Waals surface area contributed by atoms with Crippen LogP contribution in [0.2, 0.25) is 10.0 Å². The Hall–Kier alpha value is -1.19. The predicted molar refractivity (Wildman–Crippen MR) is 77.2 cm³/mol. The normalized spacial score (nSPS) is 11.6. The molecule has 0 fully saturated rings. The Morgan fingerprint density at radius 1 is 1.28 bits per heavy atom. The van der Waals surface area contributed by atoms with Crippen LogP contribution in [-0.2, 0) is 0 Å². The fourth-order valence-electron chi connectivity index (χ4n) is 1.12. The van der Waals surface area contributed by atoms with E-state index in [-0.39, 0.29) is 11.4 Å². The van der Waals surface area contributed by atoms with E-state index in [0.29, 0.717) is 15.7 Å². The van der Waals surface area contributed by atoms with Crippen molar-refractivity contribution in [3.05, 3.63) is 40.5 Å². The quantitative estimate of drug-likeness (QED) is 0.815. The van der Waals surface area contributed by atoms with Gasteiger partial charge in [0.1, 0.15) is 0 Å². The van der Waals surface area contributed by atoms with Crippen LogP contribution in [0, 0.1) is 5.41 Å². The van der Waals surface area contributed by atoms with Crippen molar-refractivity contribution in [3.8, 4) is 0 Å². The Balaban J connectivity index is 2.58. The lowest BCUT2D eigenvalue weighted by Crippen LogP contribution is -2.24. The zero-order valence-corrected chi connectivity index (χ0v) is 12.1. The van der Waals surface area contributed by atoms with Crippen LogP contribution in [0.4, 0.5) is 10.5 Å². The molecule has 18 heavy (non-hydrogen) atoms. The van der Waals surface area contributed by atoms with Crippen LogP contribution < -0.4 is 10.6 Å². The Morgan fingerprint density at radius 3 is 2.50 bits per heavy atom. The van der Waals surface area contributed by atoms with Gasteiger partial charge in [-0.2, -0.15) is 0 Å². The number of nitrogens with one attached hydrogen (secondary N) is 2. The lowest BCUT2D eigenvalue weighted by Gasteiger charge is -2.11. The van der Waals surface area contributed by atoms with E-state index in [9.17, 15) is 4.79 Å². The van der Waals surface area contributed by atoms with E-state index in [1.165, 1.54) is 0 Å². The van der Waals surface area contributed by atoms with Crippen molar-refractivity contribution >= 4 is 34.9 Å². The van der Waals surface area contributed by atoms with E-state index < -0.39 is 0 Å². The molecule has 0 aliphatic rings. The summed E-state index contributed by atoms with van der Waals surface area (Å²) in [7, 11) is 0. The van der Waals surface area contributed by atoms with Gasteiger partial charge < -0.3 is 10.6 Å². The third-order valence-corrected chi connectivity index (χ3v) is 2.52. The van der Waals surface area contributed by atoms with Gasteiger partial charge in [-0.3, -0.25) is 0 Å². The average Bonchev–Trinajstić information content (AvgIpc) is 2.20. The van der Waals surface area contributed by atoms with Crippen molar-refractivity contribution < 1.29 is 4.79 Å². The molecular weight excluding hydrogens is 271 g/mol. The monoisotopic (exact) mass is 286 g/mol. The molecule has 2 amide bonds. The van der Waals surface area contributed by atoms with Crippen molar-refractivity contribution in [2.75, 3.05) is 5.32 Å². The molecule has 0 unspecified atom stereocenters. The van der Waals surface area contributed by atoms with Crippen molar-refractivity contribution in [1.82, 2.24) is 5.32 Å². The van der Waals surface area contributed by atoms with Crippen LogP contribution >= 0.6 is 23.2 Å². The van der Waals surface area contributed by atoms with Crippen molar-refractivity contribution in [2.24, 2.45) is 5.41 Å². The minimum atomic E-state index is -0.347. The van der Waals surface area contributed by atoms with E-state index in [1.807, 2.05) is 26.8 Å². The number of carbonyl (C=O) groups is 1. The SMILES string of the molecule is CC(C)(C)/C=C/NC(=O)Nc1ccc(Cl)cc1Cl. The van der Waals surface area contributed by atoms with Crippen molar-refractivity contribution in [3.63, 3.8) is 0 Å². The Labute approximate surface area is 117 Å². The van der Waals surface area contributed by atoms with E-state index in [4.69, 9.17) is 23.2 Å². The number of allylic oxidation sites excluding steroid dienone is 1. The molecule has 0 spiro atoms. The van der Waals surface area contributed by atoms with Crippen molar-refractivity contribution in [1.29, 1.82) is 0 Å². The number of hydrogen-bond donors (Lipinski definition) is 2. The van der Waals surface area contributed by atoms with Gasteiger partial charge in [-0.15, -0.1) is 0 Å². The van der Waals surface area contributed by atoms with Crippen LogP contribution in [-0.4, -0.2) is 6.03 Å². The number of halogens is 2. The number of carbonyl (C=O) groups excluding carboxylic acids is 1. The lowest BCUT2D eigenvalue weighted by atomic mass is 9.97. The predicted octanol–water partition coefficient (Wildman–Crippen LogP) is 4.67. The molecule has 1 aromatic rings. The minimum absolute atomic E-state index is 0.0190. The molecule has 0 bridgehead atoms. The molecule has 0 aliphatic carbocycles. The van der Waals surface area contributed by atoms with E-state index in [1.54, 1.807) is 24.4 Å². The van der Waals surface area contributed by atoms with Gasteiger partial charge in [0.05, 0.1) is 10.7 Å². The molecule has 1 rings (SSSR count). The molecule has 2 N–H and O–H groups in total. The number of amides is 2. The maximum atomic E-state index is 11.6. The molecule has 0 aliphatic heterocycles. The summed E-state index contributed by atoms with van der Waals surface area (Å²) < 4.78 is 0.